The highest BCUT2D eigenvalue weighted by molar-refractivity contribution is 5.62. The van der Waals surface area contributed by atoms with Gasteiger partial charge in [0.1, 0.15) is 0 Å². The maximum absolute atomic E-state index is 5.65. The van der Waals surface area contributed by atoms with Crippen molar-refractivity contribution in [2.45, 2.75) is 40.7 Å². The number of aromatic nitrogens is 2. The molecule has 0 bridgehead atoms. The van der Waals surface area contributed by atoms with Crippen LogP contribution in [0.1, 0.15) is 42.5 Å². The van der Waals surface area contributed by atoms with Crippen molar-refractivity contribution in [2.24, 2.45) is 0 Å². The lowest BCUT2D eigenvalue weighted by molar-refractivity contribution is 0.430. The minimum Gasteiger partial charge on any atom is -0.406 e. The monoisotopic (exact) mass is 274 g/mol. The Bertz CT molecular complexity index is 568. The molecule has 0 aliphatic carbocycles. The Hall–Kier alpha value is -1.88. The second-order valence-corrected chi connectivity index (χ2v) is 5.12. The molecule has 2 aromatic rings. The number of rotatable bonds is 5. The van der Waals surface area contributed by atoms with E-state index in [2.05, 4.69) is 53.7 Å². The van der Waals surface area contributed by atoms with E-state index in [9.17, 15) is 0 Å². The van der Waals surface area contributed by atoms with E-state index in [-0.39, 0.29) is 6.04 Å². The van der Waals surface area contributed by atoms with Gasteiger partial charge in [0.25, 0.3) is 0 Å². The van der Waals surface area contributed by atoms with E-state index in [0.29, 0.717) is 11.9 Å². The molecule has 0 saturated carbocycles. The summed E-state index contributed by atoms with van der Waals surface area (Å²) in [5.74, 6) is 0.594. The van der Waals surface area contributed by atoms with Gasteiger partial charge in [-0.2, -0.15) is 0 Å². The third-order valence-electron chi connectivity index (χ3n) is 3.23. The Morgan fingerprint density at radius 2 is 1.80 bits per heavy atom. The van der Waals surface area contributed by atoms with Gasteiger partial charge in [-0.1, -0.05) is 29.7 Å². The molecule has 2 rings (SSSR count). The highest BCUT2D eigenvalue weighted by Gasteiger charge is 2.14. The van der Waals surface area contributed by atoms with E-state index in [1.165, 1.54) is 16.7 Å². The Morgan fingerprint density at radius 1 is 1.15 bits per heavy atom. The largest absolute Gasteiger partial charge is 0.406 e. The van der Waals surface area contributed by atoms with Crippen LogP contribution in [-0.4, -0.2) is 16.7 Å². The maximum Gasteiger partial charge on any atom is 0.320 e. The van der Waals surface area contributed by atoms with E-state index in [0.717, 1.165) is 12.2 Å². The Kier molecular flexibility index (Phi) is 4.39. The number of nitrogens with zero attached hydrogens (tertiary/aromatic N) is 2. The number of aryl methyl sites for hydroxylation is 3. The highest BCUT2D eigenvalue weighted by atomic mass is 16.4. The lowest BCUT2D eigenvalue weighted by atomic mass is 10.1. The van der Waals surface area contributed by atoms with Crippen LogP contribution in [0, 0.1) is 20.8 Å². The normalized spacial score (nSPS) is 12.4. The molecule has 0 amide bonds. The van der Waals surface area contributed by atoms with Crippen LogP contribution >= 0.6 is 0 Å². The van der Waals surface area contributed by atoms with Crippen molar-refractivity contribution in [2.75, 3.05) is 11.9 Å². The first kappa shape index (κ1) is 14.5. The van der Waals surface area contributed by atoms with Gasteiger partial charge in [0.05, 0.1) is 6.04 Å². The fourth-order valence-electron chi connectivity index (χ4n) is 2.34. The molecular formula is C15H22N4O. The molecule has 0 aliphatic rings. The molecule has 1 aromatic heterocycles. The fraction of sp³-hybridized carbons (Fsp3) is 0.467. The maximum atomic E-state index is 5.65. The van der Waals surface area contributed by atoms with Crippen molar-refractivity contribution in [3.8, 4) is 0 Å². The first-order valence-corrected chi connectivity index (χ1v) is 6.93. The van der Waals surface area contributed by atoms with Gasteiger partial charge in [-0.25, -0.2) is 0 Å². The molecule has 108 valence electrons. The van der Waals surface area contributed by atoms with Crippen LogP contribution in [0.25, 0.3) is 0 Å². The summed E-state index contributed by atoms with van der Waals surface area (Å²) in [5.41, 5.74) is 4.61. The van der Waals surface area contributed by atoms with Gasteiger partial charge in [-0.15, -0.1) is 5.10 Å². The zero-order chi connectivity index (χ0) is 14.7. The minimum atomic E-state index is 0.0586. The zero-order valence-electron chi connectivity index (χ0n) is 12.7. The Balaban J connectivity index is 2.19. The van der Waals surface area contributed by atoms with Crippen molar-refractivity contribution in [1.82, 2.24) is 15.5 Å². The van der Waals surface area contributed by atoms with Gasteiger partial charge in [-0.3, -0.25) is 0 Å². The third-order valence-corrected chi connectivity index (χ3v) is 3.23. The molecule has 5 nitrogen and oxygen atoms in total. The van der Waals surface area contributed by atoms with E-state index in [4.69, 9.17) is 4.42 Å². The standard InChI is InChI=1S/C15H22N4O/c1-6-16-12(5)14-18-19-15(20-14)17-13-10(3)7-9(2)8-11(13)4/h7-8,12,16H,6H2,1-5H3,(H,17,19). The van der Waals surface area contributed by atoms with Gasteiger partial charge in [0.2, 0.25) is 5.89 Å². The molecule has 0 aliphatic heterocycles. The van der Waals surface area contributed by atoms with E-state index >= 15 is 0 Å². The Morgan fingerprint density at radius 3 is 2.40 bits per heavy atom. The van der Waals surface area contributed by atoms with Gasteiger partial charge in [-0.05, 0) is 45.4 Å². The molecule has 1 heterocycles. The number of hydrogen-bond donors (Lipinski definition) is 2. The van der Waals surface area contributed by atoms with Crippen molar-refractivity contribution in [3.05, 3.63) is 34.7 Å². The summed E-state index contributed by atoms with van der Waals surface area (Å²) in [6.07, 6.45) is 0. The summed E-state index contributed by atoms with van der Waals surface area (Å²) in [6.45, 7) is 11.1. The predicted molar refractivity (Wildman–Crippen MR) is 80.3 cm³/mol. The van der Waals surface area contributed by atoms with Crippen LogP contribution < -0.4 is 10.6 Å². The summed E-state index contributed by atoms with van der Waals surface area (Å²) in [4.78, 5) is 0. The summed E-state index contributed by atoms with van der Waals surface area (Å²) < 4.78 is 5.65. The topological polar surface area (TPSA) is 63.0 Å². The van der Waals surface area contributed by atoms with Crippen molar-refractivity contribution in [1.29, 1.82) is 0 Å². The molecule has 0 spiro atoms. The van der Waals surface area contributed by atoms with Gasteiger partial charge in [0.15, 0.2) is 0 Å². The van der Waals surface area contributed by atoms with Crippen LogP contribution in [0.5, 0.6) is 0 Å². The number of anilines is 2. The van der Waals surface area contributed by atoms with E-state index in [1.54, 1.807) is 0 Å². The first-order valence-electron chi connectivity index (χ1n) is 6.93. The smallest absolute Gasteiger partial charge is 0.320 e. The van der Waals surface area contributed by atoms with E-state index < -0.39 is 0 Å². The summed E-state index contributed by atoms with van der Waals surface area (Å²) in [7, 11) is 0. The summed E-state index contributed by atoms with van der Waals surface area (Å²) >= 11 is 0. The number of hydrogen-bond acceptors (Lipinski definition) is 5. The molecule has 1 atom stereocenters. The van der Waals surface area contributed by atoms with Crippen LogP contribution in [0.15, 0.2) is 16.5 Å². The van der Waals surface area contributed by atoms with Crippen molar-refractivity contribution in [3.63, 3.8) is 0 Å². The highest BCUT2D eigenvalue weighted by Crippen LogP contribution is 2.25. The van der Waals surface area contributed by atoms with E-state index in [1.807, 2.05) is 13.8 Å². The molecule has 0 radical (unpaired) electrons. The predicted octanol–water partition coefficient (Wildman–Crippen LogP) is 3.41. The molecule has 1 aromatic carbocycles. The molecule has 0 saturated heterocycles. The fourth-order valence-corrected chi connectivity index (χ4v) is 2.34. The molecule has 5 heteroatoms. The summed E-state index contributed by atoms with van der Waals surface area (Å²) in [5, 5.41) is 14.6. The number of nitrogens with one attached hydrogen (secondary N) is 2. The molecule has 2 N–H and O–H groups in total. The Labute approximate surface area is 119 Å². The van der Waals surface area contributed by atoms with Gasteiger partial charge in [0, 0.05) is 5.69 Å². The first-order chi connectivity index (χ1) is 9.51. The van der Waals surface area contributed by atoms with Gasteiger partial charge >= 0.3 is 6.01 Å². The minimum absolute atomic E-state index is 0.0586. The van der Waals surface area contributed by atoms with Gasteiger partial charge < -0.3 is 15.1 Å². The average Bonchev–Trinajstić information content (AvgIpc) is 2.82. The van der Waals surface area contributed by atoms with Crippen molar-refractivity contribution < 1.29 is 4.42 Å². The van der Waals surface area contributed by atoms with Crippen LogP contribution in [0.3, 0.4) is 0 Å². The summed E-state index contributed by atoms with van der Waals surface area (Å²) in [6, 6.07) is 4.75. The number of benzene rings is 1. The molecular weight excluding hydrogens is 252 g/mol. The molecule has 20 heavy (non-hydrogen) atoms. The van der Waals surface area contributed by atoms with Crippen LogP contribution in [-0.2, 0) is 0 Å². The lowest BCUT2D eigenvalue weighted by Gasteiger charge is -2.11. The van der Waals surface area contributed by atoms with Crippen LogP contribution in [0.4, 0.5) is 11.7 Å². The molecule has 0 fully saturated rings. The SMILES string of the molecule is CCNC(C)c1nnc(Nc2c(C)cc(C)cc2C)o1. The molecule has 1 unspecified atom stereocenters. The van der Waals surface area contributed by atoms with Crippen molar-refractivity contribution >= 4 is 11.7 Å². The lowest BCUT2D eigenvalue weighted by Crippen LogP contribution is -2.17. The van der Waals surface area contributed by atoms with Crippen LogP contribution in [0.2, 0.25) is 0 Å². The second-order valence-electron chi connectivity index (χ2n) is 5.12. The third kappa shape index (κ3) is 3.17. The zero-order valence-corrected chi connectivity index (χ0v) is 12.7. The quantitative estimate of drug-likeness (QED) is 0.874. The second kappa shape index (κ2) is 6.05. The average molecular weight is 274 g/mol.